The Balaban J connectivity index is 2.32. The van der Waals surface area contributed by atoms with Crippen LogP contribution in [-0.2, 0) is 9.59 Å². The van der Waals surface area contributed by atoms with Crippen molar-refractivity contribution in [3.63, 3.8) is 0 Å². The van der Waals surface area contributed by atoms with Gasteiger partial charge < -0.3 is 20.4 Å². The minimum atomic E-state index is 0.0620. The Labute approximate surface area is 115 Å². The van der Waals surface area contributed by atoms with Gasteiger partial charge in [0.25, 0.3) is 0 Å². The van der Waals surface area contributed by atoms with E-state index in [-0.39, 0.29) is 17.9 Å². The third kappa shape index (κ3) is 5.57. The largest absolute Gasteiger partial charge is 0.339 e. The highest BCUT2D eigenvalue weighted by molar-refractivity contribution is 5.79. The number of carbonyl (C=O) groups is 2. The SMILES string of the molecule is CC(N)CCC(=O)N1CCN(C(=O)CN(C)C)CC1. The molecule has 0 saturated carbocycles. The fraction of sp³-hybridized carbons (Fsp3) is 0.846. The molecule has 1 saturated heterocycles. The molecule has 19 heavy (non-hydrogen) atoms. The second kappa shape index (κ2) is 7.45. The van der Waals surface area contributed by atoms with Crippen molar-refractivity contribution in [3.8, 4) is 0 Å². The van der Waals surface area contributed by atoms with Gasteiger partial charge in [0.05, 0.1) is 6.54 Å². The average Bonchev–Trinajstić information content (AvgIpc) is 2.35. The van der Waals surface area contributed by atoms with Gasteiger partial charge in [0.2, 0.25) is 11.8 Å². The first-order valence-corrected chi connectivity index (χ1v) is 6.86. The number of hydrogen-bond donors (Lipinski definition) is 1. The number of carbonyl (C=O) groups excluding carboxylic acids is 2. The lowest BCUT2D eigenvalue weighted by molar-refractivity contribution is -0.140. The molecule has 2 N–H and O–H groups in total. The fourth-order valence-electron chi connectivity index (χ4n) is 2.09. The molecule has 0 aromatic heterocycles. The molecule has 1 heterocycles. The van der Waals surface area contributed by atoms with Gasteiger partial charge in [-0.15, -0.1) is 0 Å². The molecule has 1 unspecified atom stereocenters. The number of hydrogen-bond acceptors (Lipinski definition) is 4. The predicted octanol–water partition coefficient (Wildman–Crippen LogP) is -0.654. The third-order valence-electron chi connectivity index (χ3n) is 3.25. The summed E-state index contributed by atoms with van der Waals surface area (Å²) in [4.78, 5) is 29.3. The van der Waals surface area contributed by atoms with Crippen LogP contribution in [0.3, 0.4) is 0 Å². The van der Waals surface area contributed by atoms with Crippen LogP contribution in [-0.4, -0.2) is 79.4 Å². The number of nitrogens with zero attached hydrogens (tertiary/aromatic N) is 3. The van der Waals surface area contributed by atoms with Gasteiger partial charge in [-0.3, -0.25) is 9.59 Å². The highest BCUT2D eigenvalue weighted by atomic mass is 16.2. The van der Waals surface area contributed by atoms with E-state index in [0.717, 1.165) is 6.42 Å². The minimum Gasteiger partial charge on any atom is -0.339 e. The summed E-state index contributed by atoms with van der Waals surface area (Å²) < 4.78 is 0. The highest BCUT2D eigenvalue weighted by Crippen LogP contribution is 2.06. The lowest BCUT2D eigenvalue weighted by Gasteiger charge is -2.35. The van der Waals surface area contributed by atoms with E-state index in [2.05, 4.69) is 0 Å². The van der Waals surface area contributed by atoms with Crippen molar-refractivity contribution in [1.82, 2.24) is 14.7 Å². The molecule has 0 aliphatic carbocycles. The van der Waals surface area contributed by atoms with Crippen LogP contribution in [0.2, 0.25) is 0 Å². The van der Waals surface area contributed by atoms with E-state index in [1.807, 2.05) is 35.7 Å². The molecular weight excluding hydrogens is 244 g/mol. The first-order chi connectivity index (χ1) is 8.90. The van der Waals surface area contributed by atoms with Crippen LogP contribution in [0.1, 0.15) is 19.8 Å². The lowest BCUT2D eigenvalue weighted by atomic mass is 10.1. The van der Waals surface area contributed by atoms with Crippen molar-refractivity contribution in [3.05, 3.63) is 0 Å². The number of nitrogens with two attached hydrogens (primary N) is 1. The topological polar surface area (TPSA) is 69.9 Å². The van der Waals surface area contributed by atoms with Crippen LogP contribution in [0.15, 0.2) is 0 Å². The maximum atomic E-state index is 11.9. The summed E-state index contributed by atoms with van der Waals surface area (Å²) in [5.74, 6) is 0.282. The van der Waals surface area contributed by atoms with E-state index < -0.39 is 0 Å². The zero-order valence-electron chi connectivity index (χ0n) is 12.3. The Morgan fingerprint density at radius 1 is 1.11 bits per heavy atom. The molecule has 110 valence electrons. The van der Waals surface area contributed by atoms with E-state index in [1.165, 1.54) is 0 Å². The normalized spacial score (nSPS) is 17.7. The summed E-state index contributed by atoms with van der Waals surface area (Å²) in [7, 11) is 3.76. The van der Waals surface area contributed by atoms with E-state index in [0.29, 0.717) is 39.1 Å². The van der Waals surface area contributed by atoms with Crippen molar-refractivity contribution >= 4 is 11.8 Å². The smallest absolute Gasteiger partial charge is 0.236 e. The summed E-state index contributed by atoms with van der Waals surface area (Å²) in [6.45, 7) is 4.88. The lowest BCUT2D eigenvalue weighted by Crippen LogP contribution is -2.52. The Bertz CT molecular complexity index is 310. The van der Waals surface area contributed by atoms with E-state index in [1.54, 1.807) is 0 Å². The van der Waals surface area contributed by atoms with Gasteiger partial charge in [-0.1, -0.05) is 0 Å². The standard InChI is InChI=1S/C13H26N4O2/c1-11(14)4-5-12(18)16-6-8-17(9-7-16)13(19)10-15(2)3/h11H,4-10,14H2,1-3H3. The van der Waals surface area contributed by atoms with Gasteiger partial charge >= 0.3 is 0 Å². The molecule has 6 nitrogen and oxygen atoms in total. The number of rotatable bonds is 5. The molecule has 1 atom stereocenters. The maximum Gasteiger partial charge on any atom is 0.236 e. The van der Waals surface area contributed by atoms with Crippen LogP contribution >= 0.6 is 0 Å². The Morgan fingerprint density at radius 2 is 1.58 bits per heavy atom. The second-order valence-electron chi connectivity index (χ2n) is 5.52. The van der Waals surface area contributed by atoms with Crippen LogP contribution in [0.4, 0.5) is 0 Å². The Kier molecular flexibility index (Phi) is 6.24. The van der Waals surface area contributed by atoms with E-state index >= 15 is 0 Å². The van der Waals surface area contributed by atoms with Crippen LogP contribution in [0, 0.1) is 0 Å². The van der Waals surface area contributed by atoms with Crippen molar-refractivity contribution in [2.24, 2.45) is 5.73 Å². The molecule has 0 radical (unpaired) electrons. The zero-order chi connectivity index (χ0) is 14.4. The first kappa shape index (κ1) is 15.9. The van der Waals surface area contributed by atoms with Gasteiger partial charge in [-0.2, -0.15) is 0 Å². The van der Waals surface area contributed by atoms with Gasteiger partial charge in [0.1, 0.15) is 0 Å². The van der Waals surface area contributed by atoms with Gasteiger partial charge in [-0.25, -0.2) is 0 Å². The van der Waals surface area contributed by atoms with Gasteiger partial charge in [-0.05, 0) is 27.4 Å². The van der Waals surface area contributed by atoms with Crippen molar-refractivity contribution in [2.45, 2.75) is 25.8 Å². The van der Waals surface area contributed by atoms with Crippen LogP contribution in [0.25, 0.3) is 0 Å². The summed E-state index contributed by atoms with van der Waals surface area (Å²) in [6, 6.07) is 0.0620. The Morgan fingerprint density at radius 3 is 2.00 bits per heavy atom. The number of likely N-dealkylation sites (N-methyl/N-ethyl adjacent to an activating group) is 1. The fourth-order valence-corrected chi connectivity index (χ4v) is 2.09. The van der Waals surface area contributed by atoms with Crippen molar-refractivity contribution < 1.29 is 9.59 Å². The number of amides is 2. The molecule has 1 fully saturated rings. The molecule has 1 aliphatic heterocycles. The Hall–Kier alpha value is -1.14. The molecule has 2 amide bonds. The monoisotopic (exact) mass is 270 g/mol. The van der Waals surface area contributed by atoms with Crippen molar-refractivity contribution in [2.75, 3.05) is 46.8 Å². The van der Waals surface area contributed by atoms with Crippen LogP contribution in [0.5, 0.6) is 0 Å². The molecule has 0 aromatic carbocycles. The zero-order valence-corrected chi connectivity index (χ0v) is 12.3. The summed E-state index contributed by atoms with van der Waals surface area (Å²) in [5.41, 5.74) is 5.65. The molecule has 1 rings (SSSR count). The summed E-state index contributed by atoms with van der Waals surface area (Å²) in [5, 5.41) is 0. The molecule has 6 heteroatoms. The molecule has 0 spiro atoms. The second-order valence-corrected chi connectivity index (χ2v) is 5.52. The molecule has 1 aliphatic rings. The number of piperazine rings is 1. The molecule has 0 aromatic rings. The molecule has 0 bridgehead atoms. The minimum absolute atomic E-state index is 0.0620. The third-order valence-corrected chi connectivity index (χ3v) is 3.25. The predicted molar refractivity (Wildman–Crippen MR) is 74.6 cm³/mol. The van der Waals surface area contributed by atoms with E-state index in [4.69, 9.17) is 5.73 Å². The highest BCUT2D eigenvalue weighted by Gasteiger charge is 2.23. The average molecular weight is 270 g/mol. The van der Waals surface area contributed by atoms with Gasteiger partial charge in [0.15, 0.2) is 0 Å². The first-order valence-electron chi connectivity index (χ1n) is 6.86. The van der Waals surface area contributed by atoms with E-state index in [9.17, 15) is 9.59 Å². The quantitative estimate of drug-likeness (QED) is 0.720. The van der Waals surface area contributed by atoms with Crippen molar-refractivity contribution in [1.29, 1.82) is 0 Å². The summed E-state index contributed by atoms with van der Waals surface area (Å²) >= 11 is 0. The molecular formula is C13H26N4O2. The van der Waals surface area contributed by atoms with Crippen LogP contribution < -0.4 is 5.73 Å². The maximum absolute atomic E-state index is 11.9. The summed E-state index contributed by atoms with van der Waals surface area (Å²) in [6.07, 6.45) is 1.22. The van der Waals surface area contributed by atoms with Gasteiger partial charge in [0, 0.05) is 38.6 Å².